The first-order chi connectivity index (χ1) is 11.7. The summed E-state index contributed by atoms with van der Waals surface area (Å²) < 4.78 is 5.81. The number of rotatable bonds is 6. The van der Waals surface area contributed by atoms with Crippen molar-refractivity contribution in [3.05, 3.63) is 35.0 Å². The summed E-state index contributed by atoms with van der Waals surface area (Å²) in [6.45, 7) is 8.60. The van der Waals surface area contributed by atoms with Gasteiger partial charge in [-0.3, -0.25) is 4.90 Å². The minimum absolute atomic E-state index is 0.475. The molecule has 0 unspecified atom stereocenters. The fourth-order valence-electron chi connectivity index (χ4n) is 4.24. The van der Waals surface area contributed by atoms with Gasteiger partial charge in [0.2, 0.25) is 0 Å². The molecule has 1 aliphatic carbocycles. The molecule has 4 rings (SSSR count). The number of aromatic amines is 1. The number of hydrogen-bond acceptors (Lipinski definition) is 2. The van der Waals surface area contributed by atoms with E-state index in [-0.39, 0.29) is 0 Å². The van der Waals surface area contributed by atoms with Crippen LogP contribution in [0, 0.1) is 12.8 Å². The number of piperidine rings is 1. The van der Waals surface area contributed by atoms with Gasteiger partial charge in [0.15, 0.2) is 0 Å². The summed E-state index contributed by atoms with van der Waals surface area (Å²) in [6, 6.07) is 4.72. The van der Waals surface area contributed by atoms with Gasteiger partial charge in [0.05, 0.1) is 6.10 Å². The van der Waals surface area contributed by atoms with E-state index >= 15 is 0 Å². The van der Waals surface area contributed by atoms with Crippen LogP contribution in [-0.4, -0.2) is 35.7 Å². The average Bonchev–Trinajstić information content (AvgIpc) is 3.25. The van der Waals surface area contributed by atoms with Crippen LogP contribution in [0.3, 0.4) is 0 Å². The molecule has 2 aliphatic rings. The molecule has 2 heterocycles. The summed E-state index contributed by atoms with van der Waals surface area (Å²) in [5.41, 5.74) is 5.88. The second-order valence-corrected chi connectivity index (χ2v) is 7.68. The molecule has 0 amide bonds. The molecular formula is C21H30N2O. The van der Waals surface area contributed by atoms with Crippen molar-refractivity contribution in [2.75, 3.05) is 19.7 Å². The lowest BCUT2D eigenvalue weighted by Crippen LogP contribution is -2.36. The summed E-state index contributed by atoms with van der Waals surface area (Å²) in [4.78, 5) is 6.07. The van der Waals surface area contributed by atoms with E-state index in [4.69, 9.17) is 4.74 Å². The molecule has 3 nitrogen and oxygen atoms in total. The van der Waals surface area contributed by atoms with Gasteiger partial charge in [-0.1, -0.05) is 6.07 Å². The molecule has 0 atom stereocenters. The van der Waals surface area contributed by atoms with Crippen LogP contribution in [0.1, 0.15) is 49.3 Å². The van der Waals surface area contributed by atoms with Crippen molar-refractivity contribution in [3.63, 3.8) is 0 Å². The van der Waals surface area contributed by atoms with Gasteiger partial charge in [-0.15, -0.1) is 0 Å². The smallest absolute Gasteiger partial charge is 0.0599 e. The highest BCUT2D eigenvalue weighted by molar-refractivity contribution is 5.87. The number of likely N-dealkylation sites (tertiary alicyclic amines) is 1. The number of fused-ring (bicyclic) bond motifs is 1. The number of nitrogens with one attached hydrogen (secondary N) is 1. The lowest BCUT2D eigenvalue weighted by Gasteiger charge is -2.32. The van der Waals surface area contributed by atoms with Gasteiger partial charge in [0, 0.05) is 43.3 Å². The van der Waals surface area contributed by atoms with E-state index in [1.807, 2.05) is 0 Å². The van der Waals surface area contributed by atoms with Crippen molar-refractivity contribution < 1.29 is 4.74 Å². The highest BCUT2D eigenvalue weighted by atomic mass is 16.5. The lowest BCUT2D eigenvalue weighted by molar-refractivity contribution is 0.0125. The Bertz CT molecular complexity index is 693. The molecule has 24 heavy (non-hydrogen) atoms. The number of benzene rings is 1. The summed E-state index contributed by atoms with van der Waals surface area (Å²) in [7, 11) is 0. The first-order valence-electron chi connectivity index (χ1n) is 9.67. The van der Waals surface area contributed by atoms with E-state index in [0.29, 0.717) is 6.10 Å². The van der Waals surface area contributed by atoms with Crippen LogP contribution in [0.5, 0.6) is 0 Å². The standard InChI is InChI=1S/C21H30N2O/c1-3-24-18-7-10-23(11-8-18)14-20-17(13-16-4-5-16)12-15(2)21-19(20)6-9-22-21/h6,9,12,16,18,22H,3-5,7-8,10-11,13-14H2,1-2H3. The fraction of sp³-hybridized carbons (Fsp3) is 0.619. The summed E-state index contributed by atoms with van der Waals surface area (Å²) in [6.07, 6.45) is 9.03. The number of H-pyrrole nitrogens is 1. The van der Waals surface area contributed by atoms with Gasteiger partial charge in [0.1, 0.15) is 0 Å². The molecule has 1 aromatic carbocycles. The van der Waals surface area contributed by atoms with Crippen LogP contribution in [0.4, 0.5) is 0 Å². The van der Waals surface area contributed by atoms with E-state index in [1.54, 1.807) is 11.1 Å². The Labute approximate surface area is 145 Å². The van der Waals surface area contributed by atoms with Crippen LogP contribution in [-0.2, 0) is 17.7 Å². The van der Waals surface area contributed by atoms with Crippen molar-refractivity contribution >= 4 is 10.9 Å². The van der Waals surface area contributed by atoms with Crippen molar-refractivity contribution in [2.24, 2.45) is 5.92 Å². The van der Waals surface area contributed by atoms with E-state index in [2.05, 4.69) is 42.1 Å². The molecule has 130 valence electrons. The van der Waals surface area contributed by atoms with E-state index in [1.165, 1.54) is 48.6 Å². The number of ether oxygens (including phenoxy) is 1. The summed E-state index contributed by atoms with van der Waals surface area (Å²) >= 11 is 0. The number of nitrogens with zero attached hydrogens (tertiary/aromatic N) is 1. The predicted octanol–water partition coefficient (Wildman–Crippen LogP) is 4.43. The van der Waals surface area contributed by atoms with Crippen molar-refractivity contribution in [3.8, 4) is 0 Å². The Hall–Kier alpha value is -1.32. The average molecular weight is 326 g/mol. The normalized spacial score (nSPS) is 20.1. The molecule has 0 spiro atoms. The van der Waals surface area contributed by atoms with E-state index in [0.717, 1.165) is 32.2 Å². The van der Waals surface area contributed by atoms with Gasteiger partial charge in [-0.25, -0.2) is 0 Å². The maximum Gasteiger partial charge on any atom is 0.0599 e. The van der Waals surface area contributed by atoms with Crippen LogP contribution in [0.25, 0.3) is 10.9 Å². The van der Waals surface area contributed by atoms with Gasteiger partial charge >= 0.3 is 0 Å². The molecule has 1 N–H and O–H groups in total. The Kier molecular flexibility index (Phi) is 4.64. The molecule has 0 bridgehead atoms. The fourth-order valence-corrected chi connectivity index (χ4v) is 4.24. The number of aryl methyl sites for hydroxylation is 1. The Morgan fingerprint density at radius 3 is 2.71 bits per heavy atom. The third-order valence-electron chi connectivity index (χ3n) is 5.77. The summed E-state index contributed by atoms with van der Waals surface area (Å²) in [5, 5.41) is 1.44. The van der Waals surface area contributed by atoms with E-state index in [9.17, 15) is 0 Å². The zero-order valence-corrected chi connectivity index (χ0v) is 15.1. The highest BCUT2D eigenvalue weighted by Crippen LogP contribution is 2.36. The SMILES string of the molecule is CCOC1CCN(Cc2c(CC3CC3)cc(C)c3[nH]ccc23)CC1. The third kappa shape index (κ3) is 3.38. The van der Waals surface area contributed by atoms with E-state index < -0.39 is 0 Å². The zero-order chi connectivity index (χ0) is 16.5. The van der Waals surface area contributed by atoms with Crippen LogP contribution >= 0.6 is 0 Å². The third-order valence-corrected chi connectivity index (χ3v) is 5.77. The number of aromatic nitrogens is 1. The van der Waals surface area contributed by atoms with Gasteiger partial charge < -0.3 is 9.72 Å². The van der Waals surface area contributed by atoms with Crippen molar-refractivity contribution in [1.29, 1.82) is 0 Å². The van der Waals surface area contributed by atoms with Crippen molar-refractivity contribution in [2.45, 2.75) is 58.6 Å². The second kappa shape index (κ2) is 6.89. The molecule has 1 saturated carbocycles. The Balaban J connectivity index is 1.56. The zero-order valence-electron chi connectivity index (χ0n) is 15.1. The molecule has 1 saturated heterocycles. The molecule has 1 aliphatic heterocycles. The molecule has 0 radical (unpaired) electrons. The summed E-state index contributed by atoms with van der Waals surface area (Å²) in [5.74, 6) is 0.934. The van der Waals surface area contributed by atoms with Gasteiger partial charge in [-0.05, 0) is 74.6 Å². The monoisotopic (exact) mass is 326 g/mol. The molecular weight excluding hydrogens is 296 g/mol. The second-order valence-electron chi connectivity index (χ2n) is 7.68. The van der Waals surface area contributed by atoms with Crippen molar-refractivity contribution in [1.82, 2.24) is 9.88 Å². The Morgan fingerprint density at radius 2 is 2.00 bits per heavy atom. The van der Waals surface area contributed by atoms with Gasteiger partial charge in [0.25, 0.3) is 0 Å². The maximum atomic E-state index is 5.81. The largest absolute Gasteiger partial charge is 0.378 e. The van der Waals surface area contributed by atoms with Crippen LogP contribution in [0.2, 0.25) is 0 Å². The minimum atomic E-state index is 0.475. The van der Waals surface area contributed by atoms with Gasteiger partial charge in [-0.2, -0.15) is 0 Å². The lowest BCUT2D eigenvalue weighted by atomic mass is 9.94. The maximum absolute atomic E-state index is 5.81. The quantitative estimate of drug-likeness (QED) is 0.850. The topological polar surface area (TPSA) is 28.3 Å². The molecule has 2 aromatic rings. The first kappa shape index (κ1) is 16.2. The van der Waals surface area contributed by atoms with Crippen LogP contribution < -0.4 is 0 Å². The molecule has 1 aromatic heterocycles. The molecule has 3 heteroatoms. The minimum Gasteiger partial charge on any atom is -0.378 e. The van der Waals surface area contributed by atoms with Crippen LogP contribution in [0.15, 0.2) is 18.3 Å². The highest BCUT2D eigenvalue weighted by Gasteiger charge is 2.25. The predicted molar refractivity (Wildman–Crippen MR) is 99.4 cm³/mol. The molecule has 2 fully saturated rings. The number of hydrogen-bond donors (Lipinski definition) is 1. The first-order valence-corrected chi connectivity index (χ1v) is 9.67. The Morgan fingerprint density at radius 1 is 1.21 bits per heavy atom.